The fourth-order valence-electron chi connectivity index (χ4n) is 1.29. The Morgan fingerprint density at radius 3 is 2.16 bits per heavy atom. The summed E-state index contributed by atoms with van der Waals surface area (Å²) in [6, 6.07) is 1.01. The lowest BCUT2D eigenvalue weighted by Crippen LogP contribution is -2.25. The predicted molar refractivity (Wildman–Crippen MR) is 61.6 cm³/mol. The summed E-state index contributed by atoms with van der Waals surface area (Å²) in [6.07, 6.45) is -4.78. The number of rotatable bonds is 1. The predicted octanol–water partition coefficient (Wildman–Crippen LogP) is 4.45. The van der Waals surface area contributed by atoms with Crippen molar-refractivity contribution in [3.8, 4) is 0 Å². The van der Waals surface area contributed by atoms with Crippen molar-refractivity contribution in [1.82, 2.24) is 0 Å². The van der Waals surface area contributed by atoms with Crippen LogP contribution in [0.25, 0.3) is 0 Å². The zero-order valence-corrected chi connectivity index (χ0v) is 11.1. The Morgan fingerprint density at radius 2 is 1.74 bits per heavy atom. The molecule has 7 heteroatoms. The van der Waals surface area contributed by atoms with E-state index in [-0.39, 0.29) is 0 Å². The molecule has 0 amide bonds. The van der Waals surface area contributed by atoms with Crippen molar-refractivity contribution in [3.63, 3.8) is 0 Å². The van der Waals surface area contributed by atoms with E-state index >= 15 is 0 Å². The Bertz CT molecular complexity index is 504. The molecule has 0 aromatic heterocycles. The van der Waals surface area contributed by atoms with Crippen LogP contribution in [0.15, 0.2) is 12.1 Å². The van der Waals surface area contributed by atoms with Gasteiger partial charge in [-0.15, -0.1) is 0 Å². The third kappa shape index (κ3) is 3.83. The largest absolute Gasteiger partial charge is 0.456 e. The molecule has 2 nitrogen and oxygen atoms in total. The Hall–Kier alpha value is -1.30. The van der Waals surface area contributed by atoms with Crippen LogP contribution in [0.4, 0.5) is 17.6 Å². The van der Waals surface area contributed by atoms with Gasteiger partial charge in [0, 0.05) is 0 Å². The smallest absolute Gasteiger partial charge is 0.417 e. The number of carbonyl (C=O) groups is 1. The first-order valence-corrected chi connectivity index (χ1v) is 5.60. The summed E-state index contributed by atoms with van der Waals surface area (Å²) in [4.78, 5) is 11.7. The highest BCUT2D eigenvalue weighted by molar-refractivity contribution is 6.34. The van der Waals surface area contributed by atoms with E-state index in [4.69, 9.17) is 16.3 Å². The first-order chi connectivity index (χ1) is 8.43. The molecule has 0 aliphatic rings. The molecule has 1 aromatic rings. The SMILES string of the molecule is CC(C)(C)OC(=O)c1c(F)ccc(C(F)(F)F)c1Cl. The molecule has 0 fully saturated rings. The van der Waals surface area contributed by atoms with Gasteiger partial charge in [0.1, 0.15) is 17.0 Å². The number of halogens is 5. The molecule has 0 aliphatic heterocycles. The van der Waals surface area contributed by atoms with Crippen LogP contribution in [0.5, 0.6) is 0 Å². The zero-order chi connectivity index (χ0) is 15.0. The maximum absolute atomic E-state index is 13.5. The van der Waals surface area contributed by atoms with E-state index < -0.39 is 39.7 Å². The molecule has 1 rings (SSSR count). The molecule has 0 unspecified atom stereocenters. The summed E-state index contributed by atoms with van der Waals surface area (Å²) in [5.41, 5.74) is -3.16. The van der Waals surface area contributed by atoms with E-state index in [9.17, 15) is 22.4 Å². The number of alkyl halides is 3. The average molecular weight is 299 g/mol. The number of carbonyl (C=O) groups excluding carboxylic acids is 1. The van der Waals surface area contributed by atoms with Gasteiger partial charge in [-0.05, 0) is 32.9 Å². The number of esters is 1. The first-order valence-electron chi connectivity index (χ1n) is 5.22. The minimum absolute atomic E-state index is 0.478. The van der Waals surface area contributed by atoms with Crippen LogP contribution < -0.4 is 0 Å². The van der Waals surface area contributed by atoms with Gasteiger partial charge in [0.15, 0.2) is 0 Å². The Morgan fingerprint density at radius 1 is 1.21 bits per heavy atom. The van der Waals surface area contributed by atoms with Crippen LogP contribution in [0.3, 0.4) is 0 Å². The highest BCUT2D eigenvalue weighted by atomic mass is 35.5. The van der Waals surface area contributed by atoms with Gasteiger partial charge in [-0.2, -0.15) is 13.2 Å². The van der Waals surface area contributed by atoms with E-state index in [0.717, 1.165) is 0 Å². The molecule has 106 valence electrons. The molecular weight excluding hydrogens is 288 g/mol. The van der Waals surface area contributed by atoms with E-state index in [0.29, 0.717) is 12.1 Å². The average Bonchev–Trinajstić information content (AvgIpc) is 2.11. The summed E-state index contributed by atoms with van der Waals surface area (Å²) >= 11 is 5.46. The van der Waals surface area contributed by atoms with Crippen molar-refractivity contribution in [3.05, 3.63) is 34.1 Å². The second-order valence-electron chi connectivity index (χ2n) is 4.78. The molecule has 0 heterocycles. The maximum atomic E-state index is 13.5. The fraction of sp³-hybridized carbons (Fsp3) is 0.417. The molecule has 0 aliphatic carbocycles. The van der Waals surface area contributed by atoms with Crippen molar-refractivity contribution in [2.75, 3.05) is 0 Å². The quantitative estimate of drug-likeness (QED) is 0.565. The third-order valence-electron chi connectivity index (χ3n) is 2.00. The van der Waals surface area contributed by atoms with Gasteiger partial charge >= 0.3 is 12.1 Å². The molecule has 0 atom stereocenters. The molecule has 0 saturated heterocycles. The van der Waals surface area contributed by atoms with E-state index in [2.05, 4.69) is 0 Å². The summed E-state index contributed by atoms with van der Waals surface area (Å²) < 4.78 is 56.1. The van der Waals surface area contributed by atoms with Gasteiger partial charge in [-0.25, -0.2) is 9.18 Å². The van der Waals surface area contributed by atoms with E-state index in [1.54, 1.807) is 0 Å². The summed E-state index contributed by atoms with van der Waals surface area (Å²) in [5, 5.41) is -0.998. The molecule has 0 N–H and O–H groups in total. The van der Waals surface area contributed by atoms with Crippen molar-refractivity contribution in [2.45, 2.75) is 32.5 Å². The highest BCUT2D eigenvalue weighted by Crippen LogP contribution is 2.37. The minimum atomic E-state index is -4.78. The van der Waals surface area contributed by atoms with E-state index in [1.807, 2.05) is 0 Å². The molecule has 0 spiro atoms. The lowest BCUT2D eigenvalue weighted by atomic mass is 10.1. The minimum Gasteiger partial charge on any atom is -0.456 e. The van der Waals surface area contributed by atoms with Gasteiger partial charge in [-0.1, -0.05) is 11.6 Å². The topological polar surface area (TPSA) is 26.3 Å². The molecule has 0 bridgehead atoms. The van der Waals surface area contributed by atoms with Crippen LogP contribution in [0.2, 0.25) is 5.02 Å². The molecule has 19 heavy (non-hydrogen) atoms. The van der Waals surface area contributed by atoms with Gasteiger partial charge in [0.2, 0.25) is 0 Å². The van der Waals surface area contributed by atoms with Crippen molar-refractivity contribution in [2.24, 2.45) is 0 Å². The Labute approximate surface area is 112 Å². The lowest BCUT2D eigenvalue weighted by Gasteiger charge is -2.20. The van der Waals surface area contributed by atoms with Crippen molar-refractivity contribution >= 4 is 17.6 Å². The first kappa shape index (κ1) is 15.8. The number of benzene rings is 1. The second kappa shape index (κ2) is 5.00. The monoisotopic (exact) mass is 298 g/mol. The fourth-order valence-corrected chi connectivity index (χ4v) is 1.63. The van der Waals surface area contributed by atoms with E-state index in [1.165, 1.54) is 20.8 Å². The molecular formula is C12H11ClF4O2. The normalized spacial score (nSPS) is 12.4. The van der Waals surface area contributed by atoms with Crippen LogP contribution in [0, 0.1) is 5.82 Å². The molecule has 0 radical (unpaired) electrons. The Kier molecular flexibility index (Phi) is 4.14. The second-order valence-corrected chi connectivity index (χ2v) is 5.16. The number of hydrogen-bond acceptors (Lipinski definition) is 2. The van der Waals surface area contributed by atoms with Crippen LogP contribution in [-0.4, -0.2) is 11.6 Å². The zero-order valence-electron chi connectivity index (χ0n) is 10.4. The number of hydrogen-bond donors (Lipinski definition) is 0. The Balaban J connectivity index is 3.32. The lowest BCUT2D eigenvalue weighted by molar-refractivity contribution is -0.137. The molecule has 1 aromatic carbocycles. The molecule has 0 saturated carbocycles. The van der Waals surface area contributed by atoms with Crippen LogP contribution in [-0.2, 0) is 10.9 Å². The summed E-state index contributed by atoms with van der Waals surface area (Å²) in [7, 11) is 0. The van der Waals surface area contributed by atoms with Gasteiger partial charge in [0.05, 0.1) is 10.6 Å². The van der Waals surface area contributed by atoms with Crippen LogP contribution >= 0.6 is 11.6 Å². The van der Waals surface area contributed by atoms with Crippen molar-refractivity contribution in [1.29, 1.82) is 0 Å². The third-order valence-corrected chi connectivity index (χ3v) is 2.39. The van der Waals surface area contributed by atoms with Crippen molar-refractivity contribution < 1.29 is 27.1 Å². The van der Waals surface area contributed by atoms with Gasteiger partial charge in [-0.3, -0.25) is 0 Å². The summed E-state index contributed by atoms with van der Waals surface area (Å²) in [6.45, 7) is 4.51. The van der Waals surface area contributed by atoms with Crippen LogP contribution in [0.1, 0.15) is 36.7 Å². The number of ether oxygens (including phenoxy) is 1. The maximum Gasteiger partial charge on any atom is 0.417 e. The highest BCUT2D eigenvalue weighted by Gasteiger charge is 2.36. The standard InChI is InChI=1S/C12H11ClF4O2/c1-11(2,3)19-10(18)8-7(14)5-4-6(9(8)13)12(15,16)17/h4-5H,1-3H3. The van der Waals surface area contributed by atoms with Gasteiger partial charge < -0.3 is 4.74 Å². The van der Waals surface area contributed by atoms with Gasteiger partial charge in [0.25, 0.3) is 0 Å². The summed E-state index contributed by atoms with van der Waals surface area (Å²) in [5.74, 6) is -2.40.